The van der Waals surface area contributed by atoms with E-state index in [-0.39, 0.29) is 0 Å². The fourth-order valence-corrected chi connectivity index (χ4v) is 5.78. The predicted octanol–water partition coefficient (Wildman–Crippen LogP) is 6.24. The van der Waals surface area contributed by atoms with Gasteiger partial charge >= 0.3 is 0 Å². The molecule has 3 aliphatic heterocycles. The van der Waals surface area contributed by atoms with E-state index in [9.17, 15) is 0 Å². The van der Waals surface area contributed by atoms with Crippen LogP contribution in [0, 0.1) is 0 Å². The molecule has 170 valence electrons. The molecule has 1 fully saturated rings. The Morgan fingerprint density at radius 2 is 1.45 bits per heavy atom. The molecule has 33 heavy (non-hydrogen) atoms. The summed E-state index contributed by atoms with van der Waals surface area (Å²) in [7, 11) is 0. The van der Waals surface area contributed by atoms with E-state index in [0.29, 0.717) is 12.1 Å². The molecule has 2 aromatic carbocycles. The van der Waals surface area contributed by atoms with E-state index < -0.39 is 0 Å². The highest BCUT2D eigenvalue weighted by Gasteiger charge is 2.38. The smallest absolute Gasteiger partial charge is 0.129 e. The van der Waals surface area contributed by atoms with E-state index >= 15 is 0 Å². The Kier molecular flexibility index (Phi) is 5.05. The van der Waals surface area contributed by atoms with Gasteiger partial charge in [-0.05, 0) is 63.1 Å². The zero-order valence-corrected chi connectivity index (χ0v) is 19.5. The van der Waals surface area contributed by atoms with Crippen molar-refractivity contribution in [3.8, 4) is 11.5 Å². The van der Waals surface area contributed by atoms with Crippen LogP contribution in [0.2, 0.25) is 0 Å². The Hall–Kier alpha value is -3.34. The van der Waals surface area contributed by atoms with Gasteiger partial charge in [0.15, 0.2) is 0 Å². The van der Waals surface area contributed by atoms with Crippen molar-refractivity contribution >= 4 is 11.4 Å². The molecule has 1 saturated carbocycles. The molecule has 6 rings (SSSR count). The third kappa shape index (κ3) is 3.65. The monoisotopic (exact) mass is 440 g/mol. The normalized spacial score (nSPS) is 24.2. The van der Waals surface area contributed by atoms with Crippen LogP contribution in [0.3, 0.4) is 0 Å². The van der Waals surface area contributed by atoms with E-state index in [1.807, 2.05) is 12.1 Å². The molecule has 2 atom stereocenters. The second kappa shape index (κ2) is 8.22. The second-order valence-corrected chi connectivity index (χ2v) is 9.53. The van der Waals surface area contributed by atoms with E-state index in [0.717, 1.165) is 30.5 Å². The van der Waals surface area contributed by atoms with Crippen molar-refractivity contribution in [2.24, 2.45) is 0 Å². The molecule has 5 heteroatoms. The number of hydrogen-bond donors (Lipinski definition) is 0. The average Bonchev–Trinajstić information content (AvgIpc) is 3.01. The molecule has 2 aromatic rings. The summed E-state index contributed by atoms with van der Waals surface area (Å²) < 4.78 is 6.33. The summed E-state index contributed by atoms with van der Waals surface area (Å²) in [5.41, 5.74) is 5.06. The number of allylic oxidation sites excluding steroid dienone is 4. The fourth-order valence-electron chi connectivity index (χ4n) is 5.78. The molecule has 0 aromatic heterocycles. The minimum Gasteiger partial charge on any atom is -0.457 e. The Morgan fingerprint density at radius 3 is 2.27 bits per heavy atom. The Morgan fingerprint density at radius 1 is 0.758 bits per heavy atom. The number of rotatable bonds is 0. The lowest BCUT2D eigenvalue weighted by atomic mass is 9.88. The molecular formula is C28H32N4O. The highest BCUT2D eigenvalue weighted by Crippen LogP contribution is 2.38. The first-order valence-electron chi connectivity index (χ1n) is 12.1. The maximum atomic E-state index is 6.33. The van der Waals surface area contributed by atoms with E-state index in [4.69, 9.17) is 4.74 Å². The average molecular weight is 441 g/mol. The van der Waals surface area contributed by atoms with Crippen LogP contribution in [0.15, 0.2) is 84.5 Å². The van der Waals surface area contributed by atoms with Crippen molar-refractivity contribution in [2.75, 3.05) is 23.1 Å². The van der Waals surface area contributed by atoms with Gasteiger partial charge in [0.1, 0.15) is 11.5 Å². The molecule has 3 heterocycles. The largest absolute Gasteiger partial charge is 0.457 e. The number of anilines is 2. The fraction of sp³-hybridized carbons (Fsp3) is 0.357. The van der Waals surface area contributed by atoms with Crippen LogP contribution in [0.5, 0.6) is 11.5 Å². The molecule has 0 N–H and O–H groups in total. The first-order chi connectivity index (χ1) is 16.2. The molecule has 0 spiro atoms. The summed E-state index contributed by atoms with van der Waals surface area (Å²) in [5.74, 6) is 1.73. The molecule has 1 aliphatic carbocycles. The zero-order valence-electron chi connectivity index (χ0n) is 19.5. The van der Waals surface area contributed by atoms with Gasteiger partial charge in [0.2, 0.25) is 0 Å². The van der Waals surface area contributed by atoms with Gasteiger partial charge in [-0.2, -0.15) is 0 Å². The van der Waals surface area contributed by atoms with Gasteiger partial charge in [0.05, 0.1) is 25.4 Å². The van der Waals surface area contributed by atoms with Gasteiger partial charge < -0.3 is 24.3 Å². The summed E-state index contributed by atoms with van der Waals surface area (Å²) >= 11 is 0. The van der Waals surface area contributed by atoms with Crippen molar-refractivity contribution in [2.45, 2.75) is 51.6 Å². The lowest BCUT2D eigenvalue weighted by Crippen LogP contribution is -2.53. The van der Waals surface area contributed by atoms with E-state index in [1.54, 1.807) is 0 Å². The molecular weight excluding hydrogens is 408 g/mol. The van der Waals surface area contributed by atoms with Gasteiger partial charge in [-0.1, -0.05) is 25.0 Å². The number of benzene rings is 2. The molecule has 2 unspecified atom stereocenters. The quantitative estimate of drug-likeness (QED) is 0.482. The molecule has 8 bridgehead atoms. The Labute approximate surface area is 196 Å². The third-order valence-corrected chi connectivity index (χ3v) is 7.66. The van der Waals surface area contributed by atoms with Gasteiger partial charge in [-0.3, -0.25) is 0 Å². The minimum absolute atomic E-state index is 0.482. The van der Waals surface area contributed by atoms with E-state index in [2.05, 4.69) is 94.4 Å². The van der Waals surface area contributed by atoms with Crippen molar-refractivity contribution in [3.63, 3.8) is 0 Å². The molecule has 0 radical (unpaired) electrons. The predicted molar refractivity (Wildman–Crippen MR) is 134 cm³/mol. The molecule has 5 nitrogen and oxygen atoms in total. The van der Waals surface area contributed by atoms with Crippen LogP contribution in [0.4, 0.5) is 11.4 Å². The summed E-state index contributed by atoms with van der Waals surface area (Å²) in [4.78, 5) is 9.99. The third-order valence-electron chi connectivity index (χ3n) is 7.66. The van der Waals surface area contributed by atoms with Gasteiger partial charge in [-0.15, -0.1) is 0 Å². The first-order valence-corrected chi connectivity index (χ1v) is 12.1. The summed E-state index contributed by atoms with van der Waals surface area (Å²) in [6, 6.07) is 17.9. The summed E-state index contributed by atoms with van der Waals surface area (Å²) in [6.45, 7) is 6.28. The number of hydrogen-bond acceptors (Lipinski definition) is 5. The zero-order chi connectivity index (χ0) is 22.4. The van der Waals surface area contributed by atoms with Gasteiger partial charge in [0, 0.05) is 47.3 Å². The molecule has 0 saturated heterocycles. The minimum atomic E-state index is 0.482. The molecule has 0 amide bonds. The molecule has 4 aliphatic rings. The van der Waals surface area contributed by atoms with Crippen LogP contribution in [0.25, 0.3) is 0 Å². The Bertz CT molecular complexity index is 1140. The topological polar surface area (TPSA) is 22.2 Å². The number of fused-ring (bicyclic) bond motifs is 13. The summed E-state index contributed by atoms with van der Waals surface area (Å²) in [5, 5.41) is 0. The second-order valence-electron chi connectivity index (χ2n) is 9.53. The van der Waals surface area contributed by atoms with Crippen LogP contribution in [-0.4, -0.2) is 35.2 Å². The number of nitrogens with zero attached hydrogens (tertiary/aromatic N) is 4. The van der Waals surface area contributed by atoms with Crippen molar-refractivity contribution in [3.05, 3.63) is 84.5 Å². The van der Waals surface area contributed by atoms with Crippen molar-refractivity contribution < 1.29 is 4.74 Å². The van der Waals surface area contributed by atoms with Crippen molar-refractivity contribution in [1.82, 2.24) is 9.80 Å². The van der Waals surface area contributed by atoms with Crippen LogP contribution in [0.1, 0.15) is 39.5 Å². The maximum absolute atomic E-state index is 6.33. The Balaban J connectivity index is 1.48. The van der Waals surface area contributed by atoms with Crippen LogP contribution < -0.4 is 14.5 Å². The van der Waals surface area contributed by atoms with Gasteiger partial charge in [0.25, 0.3) is 0 Å². The van der Waals surface area contributed by atoms with Crippen LogP contribution >= 0.6 is 0 Å². The standard InChI is InChI=1S/C28H32N4O/c1-21-22(2)32-20-31(21)24-10-8-12-26(18-24)33-25-11-7-9-23(17-25)29-15-5-6-16-30(19-29)27-13-3-4-14-28(27)32/h5-12,15-18,27-28H,3-4,13-14,19-20H2,1-2H3. The van der Waals surface area contributed by atoms with Gasteiger partial charge in [-0.25, -0.2) is 0 Å². The highest BCUT2D eigenvalue weighted by molar-refractivity contribution is 5.59. The lowest BCUT2D eigenvalue weighted by Gasteiger charge is -2.45. The maximum Gasteiger partial charge on any atom is 0.129 e. The number of ether oxygens (including phenoxy) is 1. The van der Waals surface area contributed by atoms with Crippen molar-refractivity contribution in [1.29, 1.82) is 0 Å². The highest BCUT2D eigenvalue weighted by atomic mass is 16.5. The van der Waals surface area contributed by atoms with Crippen LogP contribution in [-0.2, 0) is 0 Å². The summed E-state index contributed by atoms with van der Waals surface area (Å²) in [6.07, 6.45) is 13.9. The SMILES string of the molecule is CC1=C(C)N2CN1c1cccc(c1)Oc1cccc(c1)N1C=CC=CN(C1)C1CCCCC12. The lowest BCUT2D eigenvalue weighted by molar-refractivity contribution is 0.103. The first kappa shape index (κ1) is 20.3. The van der Waals surface area contributed by atoms with E-state index in [1.165, 1.54) is 42.8 Å².